The van der Waals surface area contributed by atoms with Gasteiger partial charge in [-0.15, -0.1) is 0 Å². The van der Waals surface area contributed by atoms with E-state index in [1.54, 1.807) is 0 Å². The molecule has 0 aromatic heterocycles. The highest BCUT2D eigenvalue weighted by molar-refractivity contribution is 7.93. The van der Waals surface area contributed by atoms with Gasteiger partial charge in [-0.1, -0.05) is 34.9 Å². The van der Waals surface area contributed by atoms with Crippen LogP contribution in [-0.2, 0) is 0 Å². The van der Waals surface area contributed by atoms with E-state index in [1.807, 2.05) is 0 Å². The average Bonchev–Trinajstić information content (AvgIpc) is 2.25. The molecule has 0 aromatic rings. The molecule has 2 heteroatoms. The van der Waals surface area contributed by atoms with Crippen LogP contribution >= 0.6 is 12.0 Å². The Balaban J connectivity index is 3.80. The second kappa shape index (κ2) is 10.7. The van der Waals surface area contributed by atoms with Crippen LogP contribution in [0.1, 0.15) is 53.4 Å². The van der Waals surface area contributed by atoms with E-state index in [9.17, 15) is 0 Å². The van der Waals surface area contributed by atoms with Crippen molar-refractivity contribution in [3.63, 3.8) is 0 Å². The summed E-state index contributed by atoms with van der Waals surface area (Å²) < 4.78 is 8.63. The fourth-order valence-corrected chi connectivity index (χ4v) is 1.88. The van der Waals surface area contributed by atoms with E-state index < -0.39 is 0 Å². The lowest BCUT2D eigenvalue weighted by molar-refractivity contribution is 0.666. The maximum Gasteiger partial charge on any atom is 0.0378 e. The number of allylic oxidation sites excluding steroid dienone is 5. The highest BCUT2D eigenvalue weighted by Crippen LogP contribution is 2.11. The molecule has 1 nitrogen and oxygen atoms in total. The van der Waals surface area contributed by atoms with Gasteiger partial charge in [0, 0.05) is 5.75 Å². The van der Waals surface area contributed by atoms with Crippen LogP contribution in [0, 0.1) is 0 Å². The summed E-state index contributed by atoms with van der Waals surface area (Å²) >= 11 is 0.885. The van der Waals surface area contributed by atoms with Crippen molar-refractivity contribution in [2.75, 3.05) is 5.75 Å². The van der Waals surface area contributed by atoms with Crippen LogP contribution in [0.5, 0.6) is 0 Å². The molecule has 98 valence electrons. The Morgan fingerprint density at radius 2 is 1.41 bits per heavy atom. The van der Waals surface area contributed by atoms with Gasteiger partial charge in [0.2, 0.25) is 0 Å². The summed E-state index contributed by atoms with van der Waals surface area (Å²) in [6.45, 7) is 8.63. The summed E-state index contributed by atoms with van der Waals surface area (Å²) in [5.74, 6) is 0.703. The molecule has 0 rings (SSSR count). The lowest BCUT2D eigenvalue weighted by Crippen LogP contribution is -1.81. The van der Waals surface area contributed by atoms with Crippen LogP contribution in [0.15, 0.2) is 34.9 Å². The molecule has 0 fully saturated rings. The van der Waals surface area contributed by atoms with Crippen molar-refractivity contribution < 1.29 is 4.55 Å². The highest BCUT2D eigenvalue weighted by Gasteiger charge is 1.91. The predicted octanol–water partition coefficient (Wildman–Crippen LogP) is 5.61. The third-order valence-corrected chi connectivity index (χ3v) is 2.94. The molecule has 17 heavy (non-hydrogen) atoms. The fraction of sp³-hybridized carbons (Fsp3) is 0.600. The first kappa shape index (κ1) is 16.5. The minimum absolute atomic E-state index is 0.703. The van der Waals surface area contributed by atoms with E-state index in [0.717, 1.165) is 31.3 Å². The minimum Gasteiger partial charge on any atom is -0.330 e. The third kappa shape index (κ3) is 11.8. The van der Waals surface area contributed by atoms with Gasteiger partial charge in [-0.25, -0.2) is 0 Å². The summed E-state index contributed by atoms with van der Waals surface area (Å²) in [6.07, 6.45) is 11.3. The van der Waals surface area contributed by atoms with Gasteiger partial charge in [-0.05, 0) is 65.4 Å². The monoisotopic (exact) mass is 254 g/mol. The number of hydrogen-bond acceptors (Lipinski definition) is 2. The van der Waals surface area contributed by atoms with Gasteiger partial charge in [0.05, 0.1) is 0 Å². The van der Waals surface area contributed by atoms with Crippen molar-refractivity contribution >= 4 is 12.0 Å². The normalized spacial score (nSPS) is 12.8. The Morgan fingerprint density at radius 3 is 1.94 bits per heavy atom. The maximum absolute atomic E-state index is 8.63. The summed E-state index contributed by atoms with van der Waals surface area (Å²) in [7, 11) is 0. The van der Waals surface area contributed by atoms with Gasteiger partial charge in [0.25, 0.3) is 0 Å². The van der Waals surface area contributed by atoms with E-state index in [4.69, 9.17) is 4.55 Å². The molecule has 0 atom stereocenters. The number of hydrogen-bond donors (Lipinski definition) is 1. The second-order valence-electron chi connectivity index (χ2n) is 4.76. The quantitative estimate of drug-likeness (QED) is 0.448. The Morgan fingerprint density at radius 1 is 0.882 bits per heavy atom. The van der Waals surface area contributed by atoms with Gasteiger partial charge >= 0.3 is 0 Å². The zero-order chi connectivity index (χ0) is 13.1. The zero-order valence-electron chi connectivity index (χ0n) is 11.6. The van der Waals surface area contributed by atoms with E-state index in [0.29, 0.717) is 5.75 Å². The van der Waals surface area contributed by atoms with Gasteiger partial charge in [0.15, 0.2) is 0 Å². The lowest BCUT2D eigenvalue weighted by atomic mass is 10.1. The molecule has 0 saturated heterocycles. The molecule has 0 aliphatic rings. The summed E-state index contributed by atoms with van der Waals surface area (Å²) in [5.41, 5.74) is 4.24. The van der Waals surface area contributed by atoms with E-state index >= 15 is 0 Å². The molecular weight excluding hydrogens is 228 g/mol. The standard InChI is InChI=1S/C15H26OS/c1-13(2)7-5-8-14(3)9-6-10-15(4)11-12-17-16/h7,9,11,16H,5-6,8,10,12H2,1-4H3. The SMILES string of the molecule is CC(C)=CCCC(C)=CCCC(C)=CCSO. The number of rotatable bonds is 8. The zero-order valence-corrected chi connectivity index (χ0v) is 12.4. The smallest absolute Gasteiger partial charge is 0.0378 e. The Bertz CT molecular complexity index is 283. The molecule has 0 bridgehead atoms. The first-order valence-electron chi connectivity index (χ1n) is 6.27. The van der Waals surface area contributed by atoms with E-state index in [2.05, 4.69) is 45.9 Å². The molecule has 0 aliphatic carbocycles. The fourth-order valence-electron chi connectivity index (χ4n) is 1.52. The van der Waals surface area contributed by atoms with Crippen molar-refractivity contribution in [1.82, 2.24) is 0 Å². The minimum atomic E-state index is 0.703. The largest absolute Gasteiger partial charge is 0.330 e. The van der Waals surface area contributed by atoms with Crippen LogP contribution in [0.3, 0.4) is 0 Å². The first-order valence-corrected chi connectivity index (χ1v) is 7.21. The molecule has 0 saturated carbocycles. The van der Waals surface area contributed by atoms with Gasteiger partial charge in [-0.3, -0.25) is 0 Å². The Kier molecular flexibility index (Phi) is 10.4. The van der Waals surface area contributed by atoms with Crippen LogP contribution in [-0.4, -0.2) is 10.3 Å². The van der Waals surface area contributed by atoms with Crippen molar-refractivity contribution in [2.45, 2.75) is 53.4 Å². The molecule has 0 amide bonds. The Labute approximate surface area is 111 Å². The summed E-state index contributed by atoms with van der Waals surface area (Å²) in [4.78, 5) is 0. The molecule has 0 unspecified atom stereocenters. The van der Waals surface area contributed by atoms with Crippen LogP contribution in [0.25, 0.3) is 0 Å². The average molecular weight is 254 g/mol. The predicted molar refractivity (Wildman–Crippen MR) is 80.5 cm³/mol. The van der Waals surface area contributed by atoms with Crippen molar-refractivity contribution in [2.24, 2.45) is 0 Å². The lowest BCUT2D eigenvalue weighted by Gasteiger charge is -2.01. The Hall–Kier alpha value is -0.470. The molecule has 0 aromatic carbocycles. The van der Waals surface area contributed by atoms with Crippen LogP contribution < -0.4 is 0 Å². The highest BCUT2D eigenvalue weighted by atomic mass is 32.2. The second-order valence-corrected chi connectivity index (χ2v) is 5.35. The van der Waals surface area contributed by atoms with Gasteiger partial charge < -0.3 is 4.55 Å². The molecule has 0 radical (unpaired) electrons. The van der Waals surface area contributed by atoms with E-state index in [-0.39, 0.29) is 0 Å². The maximum atomic E-state index is 8.63. The summed E-state index contributed by atoms with van der Waals surface area (Å²) in [5, 5.41) is 0. The van der Waals surface area contributed by atoms with Gasteiger partial charge in [-0.2, -0.15) is 0 Å². The van der Waals surface area contributed by atoms with E-state index in [1.165, 1.54) is 23.1 Å². The first-order chi connectivity index (χ1) is 8.06. The topological polar surface area (TPSA) is 20.2 Å². The van der Waals surface area contributed by atoms with Crippen molar-refractivity contribution in [3.8, 4) is 0 Å². The van der Waals surface area contributed by atoms with Crippen LogP contribution in [0.4, 0.5) is 0 Å². The van der Waals surface area contributed by atoms with Crippen LogP contribution in [0.2, 0.25) is 0 Å². The molecule has 0 heterocycles. The molecule has 0 spiro atoms. The molecule has 0 aliphatic heterocycles. The third-order valence-electron chi connectivity index (χ3n) is 2.63. The molecule has 1 N–H and O–H groups in total. The summed E-state index contributed by atoms with van der Waals surface area (Å²) in [6, 6.07) is 0. The van der Waals surface area contributed by atoms with Gasteiger partial charge in [0.1, 0.15) is 0 Å². The van der Waals surface area contributed by atoms with Crippen molar-refractivity contribution in [1.29, 1.82) is 0 Å². The van der Waals surface area contributed by atoms with Crippen molar-refractivity contribution in [3.05, 3.63) is 34.9 Å². The molecular formula is C15H26OS.